The van der Waals surface area contributed by atoms with Gasteiger partial charge >= 0.3 is 5.97 Å². The van der Waals surface area contributed by atoms with Crippen LogP contribution in [0.2, 0.25) is 0 Å². The Labute approximate surface area is 212 Å². The van der Waals surface area contributed by atoms with Crippen LogP contribution in [0.15, 0.2) is 48.8 Å². The predicted octanol–water partition coefficient (Wildman–Crippen LogP) is 5.09. The predicted molar refractivity (Wildman–Crippen MR) is 132 cm³/mol. The van der Waals surface area contributed by atoms with E-state index in [0.29, 0.717) is 33.8 Å². The molecule has 3 aromatic rings. The minimum Gasteiger partial charge on any atom is -0.464 e. The highest BCUT2D eigenvalue weighted by atomic mass is 32.3. The van der Waals surface area contributed by atoms with E-state index in [1.54, 1.807) is 36.4 Å². The summed E-state index contributed by atoms with van der Waals surface area (Å²) in [6.45, 7) is -0.186. The second kappa shape index (κ2) is 8.84. The minimum absolute atomic E-state index is 0.0167. The molecule has 0 saturated heterocycles. The van der Waals surface area contributed by atoms with Gasteiger partial charge in [0, 0.05) is 31.5 Å². The van der Waals surface area contributed by atoms with Gasteiger partial charge in [0.2, 0.25) is 5.88 Å². The molecule has 1 unspecified atom stereocenters. The molecule has 1 saturated carbocycles. The topological polar surface area (TPSA) is 132 Å². The van der Waals surface area contributed by atoms with Crippen LogP contribution < -0.4 is 13.3 Å². The number of nitriles is 1. The molecule has 0 amide bonds. The van der Waals surface area contributed by atoms with Crippen LogP contribution in [0.5, 0.6) is 11.6 Å². The normalized spacial score (nSPS) is 19.5. The summed E-state index contributed by atoms with van der Waals surface area (Å²) in [6.07, 6.45) is 2.19. The van der Waals surface area contributed by atoms with Gasteiger partial charge in [-0.05, 0) is 46.9 Å². The number of nitrogens with zero attached hydrogens (tertiary/aromatic N) is 5. The second-order valence-corrected chi connectivity index (χ2v) is 10.5. The van der Waals surface area contributed by atoms with Gasteiger partial charge in [-0.15, -0.1) is 0 Å². The van der Waals surface area contributed by atoms with Crippen LogP contribution in [0.1, 0.15) is 22.5 Å². The summed E-state index contributed by atoms with van der Waals surface area (Å²) in [7, 11) is -0.802. The molecule has 1 aliphatic heterocycles. The van der Waals surface area contributed by atoms with E-state index in [1.165, 1.54) is 35.2 Å². The van der Waals surface area contributed by atoms with Crippen LogP contribution in [-0.4, -0.2) is 51.7 Å². The first-order valence-electron chi connectivity index (χ1n) is 11.0. The molecule has 2 N–H and O–H groups in total. The number of anilines is 2. The van der Waals surface area contributed by atoms with Crippen molar-refractivity contribution >= 4 is 28.3 Å². The number of carbonyl (C=O) groups is 1. The molecule has 13 heteroatoms. The molecule has 1 aromatic heterocycles. The standard InChI is InChI=1S/C24H21F2N5O5S/c1-30-21-7-14(4-6-20(21)31(37(30,33)34)13-16-9-24(16,25)26)18-8-17(5-3-15(18)10-27)36-22-12-28-19(11-29-22)23(32)35-2/h3-8,11-12,16,33-34H,9,13H2,1-2H3. The average molecular weight is 530 g/mol. The average Bonchev–Trinajstić information content (AvgIpc) is 3.46. The first kappa shape index (κ1) is 24.7. The fourth-order valence-corrected chi connectivity index (χ4v) is 5.56. The minimum atomic E-state index is -3.51. The molecule has 1 aliphatic carbocycles. The first-order valence-corrected chi connectivity index (χ1v) is 12.5. The van der Waals surface area contributed by atoms with Gasteiger partial charge in [-0.1, -0.05) is 6.07 Å². The van der Waals surface area contributed by atoms with Gasteiger partial charge in [0.15, 0.2) is 5.69 Å². The lowest BCUT2D eigenvalue weighted by Crippen LogP contribution is -2.33. The van der Waals surface area contributed by atoms with Crippen molar-refractivity contribution in [1.82, 2.24) is 9.97 Å². The number of methoxy groups -OCH3 is 1. The summed E-state index contributed by atoms with van der Waals surface area (Å²) < 4.78 is 61.4. The maximum atomic E-state index is 13.5. The number of rotatable bonds is 6. The zero-order chi connectivity index (χ0) is 26.5. The monoisotopic (exact) mass is 529 g/mol. The van der Waals surface area contributed by atoms with Crippen molar-refractivity contribution in [2.24, 2.45) is 5.92 Å². The molecule has 0 spiro atoms. The third-order valence-electron chi connectivity index (χ3n) is 6.26. The fourth-order valence-electron chi connectivity index (χ4n) is 4.05. The summed E-state index contributed by atoms with van der Waals surface area (Å²) in [6, 6.07) is 11.8. The number of hydrogen-bond donors (Lipinski definition) is 2. The van der Waals surface area contributed by atoms with Crippen LogP contribution in [-0.2, 0) is 4.74 Å². The van der Waals surface area contributed by atoms with Crippen LogP contribution in [0.3, 0.4) is 0 Å². The van der Waals surface area contributed by atoms with Gasteiger partial charge in [-0.25, -0.2) is 23.5 Å². The molecule has 0 bridgehead atoms. The Morgan fingerprint density at radius 2 is 1.97 bits per heavy atom. The van der Waals surface area contributed by atoms with Crippen molar-refractivity contribution in [3.8, 4) is 28.8 Å². The maximum Gasteiger partial charge on any atom is 0.358 e. The number of hydrogen-bond acceptors (Lipinski definition) is 10. The molecule has 37 heavy (non-hydrogen) atoms. The van der Waals surface area contributed by atoms with E-state index in [-0.39, 0.29) is 24.5 Å². The smallest absolute Gasteiger partial charge is 0.358 e. The number of ether oxygens (including phenoxy) is 2. The number of halogens is 2. The highest BCUT2D eigenvalue weighted by molar-refractivity contribution is 8.26. The third-order valence-corrected chi connectivity index (χ3v) is 8.12. The van der Waals surface area contributed by atoms with Crippen LogP contribution in [0.25, 0.3) is 11.1 Å². The van der Waals surface area contributed by atoms with E-state index in [0.717, 1.165) is 0 Å². The van der Waals surface area contributed by atoms with E-state index in [9.17, 15) is 27.9 Å². The summed E-state index contributed by atoms with van der Waals surface area (Å²) in [5.74, 6) is -3.93. The van der Waals surface area contributed by atoms with Crippen molar-refractivity contribution < 1.29 is 32.2 Å². The van der Waals surface area contributed by atoms with E-state index < -0.39 is 28.8 Å². The molecule has 1 fully saturated rings. The zero-order valence-corrected chi connectivity index (χ0v) is 20.4. The number of alkyl halides is 2. The Morgan fingerprint density at radius 1 is 1.22 bits per heavy atom. The molecule has 0 radical (unpaired) electrons. The second-order valence-electron chi connectivity index (χ2n) is 8.57. The lowest BCUT2D eigenvalue weighted by molar-refractivity contribution is 0.0593. The fraction of sp³-hybridized carbons (Fsp3) is 0.250. The van der Waals surface area contributed by atoms with Crippen molar-refractivity contribution in [2.75, 3.05) is 29.3 Å². The van der Waals surface area contributed by atoms with E-state index in [1.807, 2.05) is 0 Å². The van der Waals surface area contributed by atoms with E-state index in [4.69, 9.17) is 4.74 Å². The number of esters is 1. The summed E-state index contributed by atoms with van der Waals surface area (Å²) >= 11 is 0. The van der Waals surface area contributed by atoms with Crippen molar-refractivity contribution in [1.29, 1.82) is 5.26 Å². The van der Waals surface area contributed by atoms with Crippen LogP contribution in [0, 0.1) is 17.2 Å². The Balaban J connectivity index is 1.45. The number of carbonyl (C=O) groups excluding carboxylic acids is 1. The molecular formula is C24H21F2N5O5S. The molecule has 10 nitrogen and oxygen atoms in total. The SMILES string of the molecule is COC(=O)c1cnc(Oc2ccc(C#N)c(-c3ccc4c(c3)N(C)S(O)(O)N4CC3CC3(F)F)c2)cn1. The molecule has 2 heterocycles. The zero-order valence-electron chi connectivity index (χ0n) is 19.6. The van der Waals surface area contributed by atoms with E-state index >= 15 is 0 Å². The quantitative estimate of drug-likeness (QED) is 0.416. The Kier molecular flexibility index (Phi) is 5.90. The summed E-state index contributed by atoms with van der Waals surface area (Å²) in [5.41, 5.74) is 2.28. The Hall–Kier alpha value is -3.99. The molecule has 1 atom stereocenters. The maximum absolute atomic E-state index is 13.5. The lowest BCUT2D eigenvalue weighted by Gasteiger charge is -2.42. The van der Waals surface area contributed by atoms with Crippen LogP contribution >= 0.6 is 11.0 Å². The Morgan fingerprint density at radius 3 is 2.59 bits per heavy atom. The number of aromatic nitrogens is 2. The van der Waals surface area contributed by atoms with Crippen molar-refractivity contribution in [2.45, 2.75) is 12.3 Å². The highest BCUT2D eigenvalue weighted by Gasteiger charge is 2.59. The molecule has 5 rings (SSSR count). The summed E-state index contributed by atoms with van der Waals surface area (Å²) in [4.78, 5) is 19.5. The largest absolute Gasteiger partial charge is 0.464 e. The van der Waals surface area contributed by atoms with Gasteiger partial charge in [0.05, 0.1) is 42.5 Å². The van der Waals surface area contributed by atoms with Gasteiger partial charge in [-0.3, -0.25) is 17.7 Å². The molecule has 2 aliphatic rings. The summed E-state index contributed by atoms with van der Waals surface area (Å²) in [5, 5.41) is 9.67. The van der Waals surface area contributed by atoms with E-state index in [2.05, 4.69) is 20.8 Å². The first-order chi connectivity index (χ1) is 17.5. The highest BCUT2D eigenvalue weighted by Crippen LogP contribution is 2.63. The van der Waals surface area contributed by atoms with Gasteiger partial charge in [0.1, 0.15) is 5.75 Å². The number of fused-ring (bicyclic) bond motifs is 1. The third kappa shape index (κ3) is 4.39. The molecular weight excluding hydrogens is 508 g/mol. The van der Waals surface area contributed by atoms with Crippen molar-refractivity contribution in [3.63, 3.8) is 0 Å². The van der Waals surface area contributed by atoms with Gasteiger partial charge < -0.3 is 9.47 Å². The number of benzene rings is 2. The molecule has 2 aromatic carbocycles. The van der Waals surface area contributed by atoms with Gasteiger partial charge in [-0.2, -0.15) is 5.26 Å². The lowest BCUT2D eigenvalue weighted by atomic mass is 9.99. The van der Waals surface area contributed by atoms with Gasteiger partial charge in [0.25, 0.3) is 5.92 Å². The van der Waals surface area contributed by atoms with Crippen LogP contribution in [0.4, 0.5) is 20.2 Å². The molecule has 192 valence electrons. The Bertz CT molecular complexity index is 1430. The van der Waals surface area contributed by atoms with Crippen molar-refractivity contribution in [3.05, 3.63) is 60.0 Å².